The Labute approximate surface area is 227 Å². The number of benzene rings is 2. The van der Waals surface area contributed by atoms with Gasteiger partial charge in [-0.15, -0.1) is 0 Å². The lowest BCUT2D eigenvalue weighted by Crippen LogP contribution is -2.33. The van der Waals surface area contributed by atoms with E-state index in [2.05, 4.69) is 31.4 Å². The predicted octanol–water partition coefficient (Wildman–Crippen LogP) is 5.73. The van der Waals surface area contributed by atoms with Crippen LogP contribution in [0, 0.1) is 18.6 Å². The number of aryl methyl sites for hydroxylation is 1. The monoisotopic (exact) mass is 535 g/mol. The van der Waals surface area contributed by atoms with Gasteiger partial charge >= 0.3 is 0 Å². The fraction of sp³-hybridized carbons (Fsp3) is 0.533. The van der Waals surface area contributed by atoms with E-state index in [4.69, 9.17) is 5.11 Å². The first-order valence-electron chi connectivity index (χ1n) is 13.7. The Bertz CT molecular complexity index is 867. The number of nitrogens with zero attached hydrogens (tertiary/aromatic N) is 1. The molecular formula is C30H47F2N3O3. The van der Waals surface area contributed by atoms with Crippen molar-refractivity contribution in [1.82, 2.24) is 15.5 Å². The van der Waals surface area contributed by atoms with E-state index in [9.17, 15) is 18.4 Å². The Morgan fingerprint density at radius 1 is 0.816 bits per heavy atom. The van der Waals surface area contributed by atoms with E-state index < -0.39 is 11.6 Å². The Kier molecular flexibility index (Phi) is 20.5. The molecular weight excluding hydrogens is 488 g/mol. The summed E-state index contributed by atoms with van der Waals surface area (Å²) < 4.78 is 24.4. The van der Waals surface area contributed by atoms with Crippen molar-refractivity contribution in [2.45, 2.75) is 66.7 Å². The van der Waals surface area contributed by atoms with Crippen molar-refractivity contribution in [3.8, 4) is 0 Å². The first-order chi connectivity index (χ1) is 18.2. The lowest BCUT2D eigenvalue weighted by molar-refractivity contribution is 0.0755. The van der Waals surface area contributed by atoms with Crippen LogP contribution in [0.3, 0.4) is 0 Å². The summed E-state index contributed by atoms with van der Waals surface area (Å²) in [5, 5.41) is 14.1. The summed E-state index contributed by atoms with van der Waals surface area (Å²) in [4.78, 5) is 26.8. The van der Waals surface area contributed by atoms with Gasteiger partial charge in [0.15, 0.2) is 0 Å². The molecule has 0 fully saturated rings. The van der Waals surface area contributed by atoms with Crippen LogP contribution in [0.15, 0.2) is 42.5 Å². The van der Waals surface area contributed by atoms with Gasteiger partial charge < -0.3 is 20.6 Å². The fourth-order valence-electron chi connectivity index (χ4n) is 3.34. The number of aliphatic hydroxyl groups excluding tert-OH is 1. The molecule has 214 valence electrons. The smallest absolute Gasteiger partial charge is 0.253 e. The summed E-state index contributed by atoms with van der Waals surface area (Å²) in [6.45, 7) is 14.2. The Hall–Kier alpha value is -2.84. The third-order valence-electron chi connectivity index (χ3n) is 5.12. The number of carbonyl (C=O) groups excluding carboxylic acids is 2. The quantitative estimate of drug-likeness (QED) is 0.286. The normalized spacial score (nSPS) is 10.0. The number of nitrogens with one attached hydrogen (secondary N) is 2. The molecule has 0 aliphatic rings. The first-order valence-corrected chi connectivity index (χ1v) is 13.7. The van der Waals surface area contributed by atoms with Crippen molar-refractivity contribution in [2.24, 2.45) is 0 Å². The summed E-state index contributed by atoms with van der Waals surface area (Å²) in [6.07, 6.45) is 4.74. The van der Waals surface area contributed by atoms with Gasteiger partial charge in [-0.25, -0.2) is 8.78 Å². The van der Waals surface area contributed by atoms with Crippen LogP contribution in [0.25, 0.3) is 0 Å². The number of halogens is 2. The molecule has 0 bridgehead atoms. The lowest BCUT2D eigenvalue weighted by atomic mass is 10.1. The van der Waals surface area contributed by atoms with E-state index >= 15 is 0 Å². The molecule has 0 atom stereocenters. The van der Waals surface area contributed by atoms with E-state index in [0.29, 0.717) is 29.8 Å². The van der Waals surface area contributed by atoms with E-state index in [1.807, 2.05) is 11.8 Å². The Morgan fingerprint density at radius 2 is 1.39 bits per heavy atom. The molecule has 38 heavy (non-hydrogen) atoms. The molecule has 0 heterocycles. The molecule has 0 aromatic heterocycles. The molecule has 2 aromatic carbocycles. The van der Waals surface area contributed by atoms with Gasteiger partial charge in [-0.1, -0.05) is 33.8 Å². The predicted molar refractivity (Wildman–Crippen MR) is 152 cm³/mol. The van der Waals surface area contributed by atoms with Crippen molar-refractivity contribution in [3.05, 3.63) is 70.8 Å². The van der Waals surface area contributed by atoms with Gasteiger partial charge in [-0.3, -0.25) is 9.59 Å². The molecule has 0 aliphatic heterocycles. The maximum absolute atomic E-state index is 12.6. The summed E-state index contributed by atoms with van der Waals surface area (Å²) in [7, 11) is 0. The maximum atomic E-state index is 12.6. The highest BCUT2D eigenvalue weighted by Gasteiger charge is 2.16. The molecule has 0 aliphatic carbocycles. The molecule has 3 N–H and O–H groups in total. The molecule has 6 nitrogen and oxygen atoms in total. The zero-order valence-electron chi connectivity index (χ0n) is 23.8. The number of carbonyl (C=O) groups is 2. The second-order valence-electron chi connectivity index (χ2n) is 8.90. The van der Waals surface area contributed by atoms with Crippen molar-refractivity contribution in [2.75, 3.05) is 39.3 Å². The van der Waals surface area contributed by atoms with Gasteiger partial charge in [0.1, 0.15) is 11.6 Å². The van der Waals surface area contributed by atoms with Crippen LogP contribution >= 0.6 is 0 Å². The zero-order chi connectivity index (χ0) is 28.8. The van der Waals surface area contributed by atoms with Gasteiger partial charge in [0.25, 0.3) is 11.8 Å². The van der Waals surface area contributed by atoms with Gasteiger partial charge in [0, 0.05) is 43.4 Å². The van der Waals surface area contributed by atoms with Gasteiger partial charge in [0.05, 0.1) is 0 Å². The zero-order valence-corrected chi connectivity index (χ0v) is 23.8. The van der Waals surface area contributed by atoms with E-state index in [1.165, 1.54) is 12.1 Å². The Morgan fingerprint density at radius 3 is 1.89 bits per heavy atom. The maximum Gasteiger partial charge on any atom is 0.253 e. The number of rotatable bonds is 13. The van der Waals surface area contributed by atoms with E-state index in [1.54, 1.807) is 31.2 Å². The molecule has 2 aromatic rings. The summed E-state index contributed by atoms with van der Waals surface area (Å²) in [5.74, 6) is -1.16. The second kappa shape index (κ2) is 22.2. The molecule has 0 unspecified atom stereocenters. The summed E-state index contributed by atoms with van der Waals surface area (Å²) >= 11 is 0. The average molecular weight is 536 g/mol. The molecule has 0 saturated carbocycles. The van der Waals surface area contributed by atoms with Gasteiger partial charge in [-0.05, 0) is 88.0 Å². The van der Waals surface area contributed by atoms with Gasteiger partial charge in [-0.2, -0.15) is 0 Å². The minimum absolute atomic E-state index is 0.00196. The molecule has 0 saturated heterocycles. The summed E-state index contributed by atoms with van der Waals surface area (Å²) in [5.41, 5.74) is 1.73. The molecule has 2 rings (SSSR count). The second-order valence-corrected chi connectivity index (χ2v) is 8.90. The van der Waals surface area contributed by atoms with Crippen LogP contribution in [-0.4, -0.2) is 61.2 Å². The van der Waals surface area contributed by atoms with Crippen LogP contribution in [0.5, 0.6) is 0 Å². The van der Waals surface area contributed by atoms with Crippen LogP contribution in [-0.2, 0) is 0 Å². The van der Waals surface area contributed by atoms with Gasteiger partial charge in [0.2, 0.25) is 0 Å². The van der Waals surface area contributed by atoms with Crippen LogP contribution < -0.4 is 10.6 Å². The SMILES string of the molecule is CCCNCCCNC(=O)c1cccc(C(=O)N(CCC)CCC)c1.CCCO.Cc1cc(F)cc(F)c1. The van der Waals surface area contributed by atoms with Crippen LogP contribution in [0.4, 0.5) is 8.78 Å². The summed E-state index contributed by atoms with van der Waals surface area (Å²) in [6, 6.07) is 10.4. The third kappa shape index (κ3) is 16.1. The van der Waals surface area contributed by atoms with E-state index in [-0.39, 0.29) is 11.8 Å². The molecule has 8 heteroatoms. The highest BCUT2D eigenvalue weighted by atomic mass is 19.1. The minimum atomic E-state index is -0.521. The fourth-order valence-corrected chi connectivity index (χ4v) is 3.34. The van der Waals surface area contributed by atoms with Crippen molar-refractivity contribution < 1.29 is 23.5 Å². The number of aliphatic hydroxyl groups is 1. The van der Waals surface area contributed by atoms with Crippen molar-refractivity contribution in [3.63, 3.8) is 0 Å². The lowest BCUT2D eigenvalue weighted by Gasteiger charge is -2.21. The van der Waals surface area contributed by atoms with Crippen molar-refractivity contribution in [1.29, 1.82) is 0 Å². The first kappa shape index (κ1) is 35.2. The highest BCUT2D eigenvalue weighted by Crippen LogP contribution is 2.10. The Balaban J connectivity index is 0.000000859. The van der Waals surface area contributed by atoms with E-state index in [0.717, 1.165) is 64.3 Å². The third-order valence-corrected chi connectivity index (χ3v) is 5.12. The highest BCUT2D eigenvalue weighted by molar-refractivity contribution is 5.99. The molecule has 0 radical (unpaired) electrons. The van der Waals surface area contributed by atoms with Crippen molar-refractivity contribution >= 4 is 11.8 Å². The standard InChI is InChI=1S/C20H33N3O2.C7H6F2.C3H8O/c1-4-11-21-12-8-13-22-19(24)17-9-7-10-18(16-17)20(25)23(14-5-2)15-6-3;1-5-2-6(8)4-7(9)3-5;1-2-3-4/h7,9-10,16,21H,4-6,8,11-15H2,1-3H3,(H,22,24);2-4H,1H3;4H,2-3H2,1H3. The molecule has 0 spiro atoms. The van der Waals surface area contributed by atoms with Crippen LogP contribution in [0.2, 0.25) is 0 Å². The number of hydrogen-bond donors (Lipinski definition) is 3. The topological polar surface area (TPSA) is 81.7 Å². The largest absolute Gasteiger partial charge is 0.396 e. The minimum Gasteiger partial charge on any atom is -0.396 e. The number of hydrogen-bond acceptors (Lipinski definition) is 4. The average Bonchev–Trinajstić information content (AvgIpc) is 2.89. The molecule has 2 amide bonds. The van der Waals surface area contributed by atoms with Crippen LogP contribution in [0.1, 0.15) is 86.1 Å². The number of amides is 2.